The van der Waals surface area contributed by atoms with Crippen LogP contribution in [0.15, 0.2) is 53.4 Å². The van der Waals surface area contributed by atoms with Crippen molar-refractivity contribution in [1.82, 2.24) is 9.78 Å². The second kappa shape index (κ2) is 12.0. The van der Waals surface area contributed by atoms with Crippen molar-refractivity contribution in [3.63, 3.8) is 0 Å². The van der Waals surface area contributed by atoms with Crippen LogP contribution in [0.5, 0.6) is 0 Å². The number of hydrogen-bond acceptors (Lipinski definition) is 8. The number of carbonyl (C=O) groups is 3. The Hall–Kier alpha value is -3.70. The highest BCUT2D eigenvalue weighted by Gasteiger charge is 2.33. The van der Waals surface area contributed by atoms with Gasteiger partial charge in [0.2, 0.25) is 5.91 Å². The Morgan fingerprint density at radius 3 is 2.72 bits per heavy atom. The highest BCUT2D eigenvalue weighted by atomic mass is 32.2. The number of carbonyl (C=O) groups excluding carboxylic acids is 3. The number of amides is 2. The topological polar surface area (TPSA) is 106 Å². The molecule has 9 nitrogen and oxygen atoms in total. The van der Waals surface area contributed by atoms with Gasteiger partial charge < -0.3 is 10.1 Å². The first-order valence-electron chi connectivity index (χ1n) is 12.9. The van der Waals surface area contributed by atoms with E-state index in [1.54, 1.807) is 37.1 Å². The van der Waals surface area contributed by atoms with Gasteiger partial charge in [0.25, 0.3) is 5.91 Å². The van der Waals surface area contributed by atoms with Gasteiger partial charge in [0.15, 0.2) is 5.17 Å². The Balaban J connectivity index is 1.36. The van der Waals surface area contributed by atoms with E-state index < -0.39 is 5.97 Å². The van der Waals surface area contributed by atoms with Crippen molar-refractivity contribution in [2.45, 2.75) is 39.0 Å². The molecule has 1 aromatic carbocycles. The fourth-order valence-electron chi connectivity index (χ4n) is 4.61. The van der Waals surface area contributed by atoms with Crippen molar-refractivity contribution < 1.29 is 19.1 Å². The van der Waals surface area contributed by atoms with Gasteiger partial charge in [0.1, 0.15) is 10.7 Å². The molecule has 11 heteroatoms. The van der Waals surface area contributed by atoms with Crippen LogP contribution in [0, 0.1) is 0 Å². The summed E-state index contributed by atoms with van der Waals surface area (Å²) in [7, 11) is 1.80. The molecule has 5 rings (SSSR count). The number of para-hydroxylation sites is 1. The number of esters is 1. The van der Waals surface area contributed by atoms with Crippen LogP contribution in [0.2, 0.25) is 0 Å². The summed E-state index contributed by atoms with van der Waals surface area (Å²) in [5.74, 6) is -0.944. The predicted molar refractivity (Wildman–Crippen MR) is 155 cm³/mol. The average molecular weight is 564 g/mol. The lowest BCUT2D eigenvalue weighted by molar-refractivity contribution is -0.114. The second-order valence-electron chi connectivity index (χ2n) is 9.17. The van der Waals surface area contributed by atoms with Gasteiger partial charge in [-0.15, -0.1) is 11.3 Å². The van der Waals surface area contributed by atoms with Gasteiger partial charge in [-0.05, 0) is 56.4 Å². The summed E-state index contributed by atoms with van der Waals surface area (Å²) < 4.78 is 6.98. The molecule has 1 aliphatic carbocycles. The summed E-state index contributed by atoms with van der Waals surface area (Å²) in [5, 5.41) is 8.03. The first-order chi connectivity index (χ1) is 18.9. The quantitative estimate of drug-likeness (QED) is 0.245. The fraction of sp³-hybridized carbons (Fsp3) is 0.321. The molecule has 2 aliphatic rings. The van der Waals surface area contributed by atoms with Crippen LogP contribution in [-0.4, -0.2) is 45.1 Å². The molecule has 2 aromatic heterocycles. The smallest absolute Gasteiger partial charge is 0.341 e. The number of fused-ring (bicyclic) bond motifs is 1. The van der Waals surface area contributed by atoms with E-state index in [1.807, 2.05) is 30.3 Å². The molecule has 0 unspecified atom stereocenters. The standard InChI is InChI=1S/C28H29N5O4S2/c1-3-37-27(36)24-20-12-8-5-9-13-22(20)39-25(24)31-23(34)17-38-28-30-21(14-18-15-29-32(2)16-18)26(35)33(28)19-10-6-4-7-11-19/h4,6-7,10-11,14-16H,3,5,8-9,12-13,17H2,1-2H3,(H,31,34)/b21-14+. The number of amidine groups is 1. The molecule has 39 heavy (non-hydrogen) atoms. The summed E-state index contributed by atoms with van der Waals surface area (Å²) >= 11 is 2.63. The first-order valence-corrected chi connectivity index (χ1v) is 14.7. The van der Waals surface area contributed by atoms with Crippen LogP contribution >= 0.6 is 23.1 Å². The Bertz CT molecular complexity index is 1460. The van der Waals surface area contributed by atoms with Gasteiger partial charge in [-0.25, -0.2) is 9.79 Å². The molecule has 0 bridgehead atoms. The largest absolute Gasteiger partial charge is 0.462 e. The van der Waals surface area contributed by atoms with E-state index in [2.05, 4.69) is 15.4 Å². The SMILES string of the molecule is CCOC(=O)c1c(NC(=O)CSC2=N/C(=C/c3cnn(C)c3)C(=O)N2c2ccccc2)sc2c1CCCCC2. The summed E-state index contributed by atoms with van der Waals surface area (Å²) in [6.45, 7) is 2.04. The molecule has 0 spiro atoms. The monoisotopic (exact) mass is 563 g/mol. The Kier molecular flexibility index (Phi) is 8.27. The molecular formula is C28H29N5O4S2. The van der Waals surface area contributed by atoms with Crippen LogP contribution in [0.4, 0.5) is 10.7 Å². The lowest BCUT2D eigenvalue weighted by atomic mass is 10.1. The van der Waals surface area contributed by atoms with E-state index in [9.17, 15) is 14.4 Å². The number of thioether (sulfide) groups is 1. The third-order valence-corrected chi connectivity index (χ3v) is 8.50. The molecule has 202 valence electrons. The third kappa shape index (κ3) is 5.99. The van der Waals surface area contributed by atoms with Gasteiger partial charge in [0.05, 0.1) is 29.8 Å². The molecule has 0 saturated carbocycles. The Morgan fingerprint density at radius 2 is 1.97 bits per heavy atom. The zero-order valence-electron chi connectivity index (χ0n) is 21.8. The zero-order chi connectivity index (χ0) is 27.4. The van der Waals surface area contributed by atoms with Crippen LogP contribution in [0.3, 0.4) is 0 Å². The number of ether oxygens (including phenoxy) is 1. The van der Waals surface area contributed by atoms with Gasteiger partial charge in [0, 0.05) is 23.7 Å². The van der Waals surface area contributed by atoms with E-state index in [-0.39, 0.29) is 29.9 Å². The van der Waals surface area contributed by atoms with E-state index >= 15 is 0 Å². The van der Waals surface area contributed by atoms with Crippen molar-refractivity contribution in [3.8, 4) is 0 Å². The molecule has 0 radical (unpaired) electrons. The lowest BCUT2D eigenvalue weighted by Gasteiger charge is -2.17. The van der Waals surface area contributed by atoms with Crippen LogP contribution in [-0.2, 0) is 34.2 Å². The number of hydrogen-bond donors (Lipinski definition) is 1. The van der Waals surface area contributed by atoms with Crippen LogP contribution in [0.1, 0.15) is 52.5 Å². The maximum absolute atomic E-state index is 13.3. The number of rotatable bonds is 7. The molecule has 1 aliphatic heterocycles. The molecule has 3 heterocycles. The minimum absolute atomic E-state index is 0.0143. The fourth-order valence-corrected chi connectivity index (χ4v) is 6.72. The van der Waals surface area contributed by atoms with Gasteiger partial charge >= 0.3 is 5.97 Å². The second-order valence-corrected chi connectivity index (χ2v) is 11.2. The van der Waals surface area contributed by atoms with Crippen molar-refractivity contribution in [3.05, 3.63) is 70.0 Å². The molecule has 2 amide bonds. The molecule has 1 N–H and O–H groups in total. The summed E-state index contributed by atoms with van der Waals surface area (Å²) in [6.07, 6.45) is 10.0. The molecule has 3 aromatic rings. The maximum atomic E-state index is 13.3. The zero-order valence-corrected chi connectivity index (χ0v) is 23.4. The normalized spacial score (nSPS) is 16.2. The number of aliphatic imine (C=N–C) groups is 1. The molecule has 0 saturated heterocycles. The summed E-state index contributed by atoms with van der Waals surface area (Å²) in [4.78, 5) is 46.5. The predicted octanol–water partition coefficient (Wildman–Crippen LogP) is 5.04. The number of thiophene rings is 1. The third-order valence-electron chi connectivity index (χ3n) is 6.36. The number of aryl methyl sites for hydroxylation is 2. The molecule has 0 atom stereocenters. The molecular weight excluding hydrogens is 534 g/mol. The summed E-state index contributed by atoms with van der Waals surface area (Å²) in [6, 6.07) is 9.21. The average Bonchev–Trinajstić information content (AvgIpc) is 3.52. The first kappa shape index (κ1) is 26.9. The van der Waals surface area contributed by atoms with Crippen molar-refractivity contribution in [2.24, 2.45) is 12.0 Å². The highest BCUT2D eigenvalue weighted by Crippen LogP contribution is 2.38. The Morgan fingerprint density at radius 1 is 1.18 bits per heavy atom. The number of aromatic nitrogens is 2. The lowest BCUT2D eigenvalue weighted by Crippen LogP contribution is -2.31. The number of nitrogens with one attached hydrogen (secondary N) is 1. The van der Waals surface area contributed by atoms with Crippen LogP contribution < -0.4 is 10.2 Å². The number of anilines is 2. The Labute approximate surface area is 234 Å². The minimum Gasteiger partial charge on any atom is -0.462 e. The maximum Gasteiger partial charge on any atom is 0.341 e. The number of benzene rings is 1. The van der Waals surface area contributed by atoms with Crippen molar-refractivity contribution >= 4 is 62.8 Å². The van der Waals surface area contributed by atoms with Crippen molar-refractivity contribution in [1.29, 1.82) is 0 Å². The minimum atomic E-state index is -0.397. The van der Waals surface area contributed by atoms with Crippen molar-refractivity contribution in [2.75, 3.05) is 22.6 Å². The highest BCUT2D eigenvalue weighted by molar-refractivity contribution is 8.14. The van der Waals surface area contributed by atoms with E-state index in [1.165, 1.54) is 28.0 Å². The van der Waals surface area contributed by atoms with Crippen LogP contribution in [0.25, 0.3) is 6.08 Å². The number of nitrogens with zero attached hydrogens (tertiary/aromatic N) is 4. The van der Waals surface area contributed by atoms with E-state index in [4.69, 9.17) is 4.74 Å². The summed E-state index contributed by atoms with van der Waals surface area (Å²) in [5.41, 5.74) is 3.17. The van der Waals surface area contributed by atoms with Gasteiger partial charge in [-0.1, -0.05) is 36.4 Å². The molecule has 0 fully saturated rings. The van der Waals surface area contributed by atoms with E-state index in [0.717, 1.165) is 48.1 Å². The van der Waals surface area contributed by atoms with Gasteiger partial charge in [-0.3, -0.25) is 19.2 Å². The van der Waals surface area contributed by atoms with E-state index in [0.29, 0.717) is 21.4 Å². The van der Waals surface area contributed by atoms with Gasteiger partial charge in [-0.2, -0.15) is 5.10 Å².